The Kier molecular flexibility index (Phi) is 9.28. The van der Waals surface area contributed by atoms with Crippen LogP contribution in [0.5, 0.6) is 11.5 Å². The van der Waals surface area contributed by atoms with Crippen LogP contribution in [0.25, 0.3) is 22.4 Å². The Bertz CT molecular complexity index is 2130. The second kappa shape index (κ2) is 13.9. The van der Waals surface area contributed by atoms with Gasteiger partial charge < -0.3 is 19.5 Å². The van der Waals surface area contributed by atoms with E-state index in [1.807, 2.05) is 77.7 Å². The van der Waals surface area contributed by atoms with Gasteiger partial charge in [-0.2, -0.15) is 4.57 Å². The number of nitrogens with zero attached hydrogens (tertiary/aromatic N) is 2. The maximum absolute atomic E-state index is 13.7. The number of aliphatic hydroxyl groups excluding tert-OH is 1. The zero-order valence-electron chi connectivity index (χ0n) is 26.3. The minimum absolute atomic E-state index is 0.0174. The fraction of sp³-hybridized carbons (Fsp3) is 0.128. The van der Waals surface area contributed by atoms with Crippen LogP contribution in [0.15, 0.2) is 130 Å². The molecule has 0 saturated carbocycles. The molecule has 2 heterocycles. The summed E-state index contributed by atoms with van der Waals surface area (Å²) in [6.45, 7) is 5.39. The minimum Gasteiger partial charge on any atom is -0.497 e. The third-order valence-corrected chi connectivity index (χ3v) is 11.0. The summed E-state index contributed by atoms with van der Waals surface area (Å²) in [5.41, 5.74) is 6.47. The van der Waals surface area contributed by atoms with Gasteiger partial charge in [-0.05, 0) is 41.5 Å². The molecule has 0 amide bonds. The summed E-state index contributed by atoms with van der Waals surface area (Å²) in [5.74, 6) is 1.49. The fourth-order valence-electron chi connectivity index (χ4n) is 5.74. The fourth-order valence-corrected chi connectivity index (χ4v) is 8.36. The molecular weight excluding hydrogens is 657 g/mol. The van der Waals surface area contributed by atoms with Gasteiger partial charge in [-0.1, -0.05) is 90.4 Å². The van der Waals surface area contributed by atoms with Gasteiger partial charge in [0, 0.05) is 51.3 Å². The summed E-state index contributed by atoms with van der Waals surface area (Å²) in [4.78, 5) is 17.4. The van der Waals surface area contributed by atoms with Crippen molar-refractivity contribution in [2.75, 3.05) is 25.2 Å². The zero-order chi connectivity index (χ0) is 33.2. The van der Waals surface area contributed by atoms with Crippen LogP contribution in [0.4, 0.5) is 5.69 Å². The third kappa shape index (κ3) is 6.34. The van der Waals surface area contributed by atoms with Crippen molar-refractivity contribution < 1.29 is 23.9 Å². The average molecular weight is 690 g/mol. The Morgan fingerprint density at radius 2 is 1.75 bits per heavy atom. The second-order valence-corrected chi connectivity index (χ2v) is 13.9. The molecule has 48 heavy (non-hydrogen) atoms. The molecule has 240 valence electrons. The van der Waals surface area contributed by atoms with Crippen molar-refractivity contribution in [2.24, 2.45) is 0 Å². The molecule has 0 spiro atoms. The summed E-state index contributed by atoms with van der Waals surface area (Å²) >= 11 is 7.99. The van der Waals surface area contributed by atoms with Gasteiger partial charge in [0.05, 0.1) is 24.4 Å². The molecule has 0 unspecified atom stereocenters. The first-order valence-corrected chi connectivity index (χ1v) is 17.5. The largest absolute Gasteiger partial charge is 0.497 e. The van der Waals surface area contributed by atoms with E-state index in [4.69, 9.17) is 22.1 Å². The molecule has 0 fully saturated rings. The molecule has 0 bridgehead atoms. The van der Waals surface area contributed by atoms with Crippen molar-refractivity contribution in [3.8, 4) is 11.5 Å². The van der Waals surface area contributed by atoms with Crippen LogP contribution in [0.1, 0.15) is 21.7 Å². The number of thiol groups is 1. The van der Waals surface area contributed by atoms with Crippen molar-refractivity contribution in [3.63, 3.8) is 0 Å². The highest BCUT2D eigenvalue weighted by Crippen LogP contribution is 2.49. The molecule has 1 aliphatic heterocycles. The van der Waals surface area contributed by atoms with E-state index in [9.17, 15) is 9.90 Å². The Labute approximate surface area is 293 Å². The highest BCUT2D eigenvalue weighted by Gasteiger charge is 2.34. The summed E-state index contributed by atoms with van der Waals surface area (Å²) in [7, 11) is 1.64. The number of β-amino-alcohol motifs (C(OH)–C–C–N with tert-alkyl or cyclic N) is 1. The standard InChI is InChI=1S/C39H32N2O4S3/c1-3-25-9-11-26(12-10-25)23-41-33-16-14-29(45-24-27-7-5-4-6-8-27)20-35(33)48-37(41)22-31-38(43)30(39(31)46)21-36-40(17-18-42)32-15-13-28(44-2)19-34(32)47-36/h3-16,19-22,42H,1,17-18,23-24H2,2H3/p+1. The van der Waals surface area contributed by atoms with E-state index in [1.54, 1.807) is 30.2 Å². The number of thioether (sulfide) groups is 1. The SMILES string of the molecule is C=Cc1ccc(C[n+]2c(/C=C3/C(=O)C(/C=C4/Sc5cc(OC)ccc5N4CCO)=C3S)sc3cc(OCc4ccccc4)ccc32)cc1. The number of ketones is 1. The van der Waals surface area contributed by atoms with Crippen molar-refractivity contribution >= 4 is 69.6 Å². The number of aliphatic hydroxyl groups is 1. The van der Waals surface area contributed by atoms with Crippen LogP contribution in [-0.4, -0.2) is 31.2 Å². The van der Waals surface area contributed by atoms with Crippen LogP contribution >= 0.6 is 35.7 Å². The van der Waals surface area contributed by atoms with E-state index < -0.39 is 0 Å². The van der Waals surface area contributed by atoms with Crippen LogP contribution in [-0.2, 0) is 17.9 Å². The molecule has 9 heteroatoms. The van der Waals surface area contributed by atoms with Gasteiger partial charge in [-0.15, -0.1) is 12.6 Å². The maximum atomic E-state index is 13.7. The van der Waals surface area contributed by atoms with Gasteiger partial charge in [-0.25, -0.2) is 0 Å². The lowest BCUT2D eigenvalue weighted by Crippen LogP contribution is -2.36. The summed E-state index contributed by atoms with van der Waals surface area (Å²) in [6, 6.07) is 30.4. The number of carbonyl (C=O) groups is 1. The Hall–Kier alpha value is -4.54. The van der Waals surface area contributed by atoms with Gasteiger partial charge in [0.15, 0.2) is 12.3 Å². The van der Waals surface area contributed by atoms with Crippen molar-refractivity contribution in [1.82, 2.24) is 0 Å². The predicted octanol–water partition coefficient (Wildman–Crippen LogP) is 8.06. The van der Waals surface area contributed by atoms with Gasteiger partial charge in [0.1, 0.15) is 22.8 Å². The molecule has 4 aromatic carbocycles. The number of methoxy groups -OCH3 is 1. The number of fused-ring (bicyclic) bond motifs is 2. The number of hydrogen-bond donors (Lipinski definition) is 2. The second-order valence-electron chi connectivity index (χ2n) is 11.3. The number of ether oxygens (including phenoxy) is 2. The first-order valence-electron chi connectivity index (χ1n) is 15.5. The number of aromatic nitrogens is 1. The smallest absolute Gasteiger partial charge is 0.263 e. The molecule has 6 nitrogen and oxygen atoms in total. The molecule has 0 radical (unpaired) electrons. The monoisotopic (exact) mass is 689 g/mol. The van der Waals surface area contributed by atoms with Crippen LogP contribution in [0.3, 0.4) is 0 Å². The van der Waals surface area contributed by atoms with E-state index in [0.29, 0.717) is 35.7 Å². The number of carbonyl (C=O) groups excluding carboxylic acids is 1. The normalized spacial score (nSPS) is 15.7. The summed E-state index contributed by atoms with van der Waals surface area (Å²) in [5, 5.41) is 11.6. The number of allylic oxidation sites excluding steroid dienone is 3. The molecule has 2 aliphatic rings. The van der Waals surface area contributed by atoms with Gasteiger partial charge >= 0.3 is 0 Å². The van der Waals surface area contributed by atoms with Crippen LogP contribution in [0, 0.1) is 0 Å². The number of Topliss-reactive ketones (excluding diaryl/α,β-unsaturated/α-hetero) is 1. The maximum Gasteiger partial charge on any atom is 0.263 e. The van der Waals surface area contributed by atoms with Crippen LogP contribution < -0.4 is 18.9 Å². The molecule has 5 aromatic rings. The quantitative estimate of drug-likeness (QED) is 0.0832. The van der Waals surface area contributed by atoms with E-state index in [1.165, 1.54) is 0 Å². The van der Waals surface area contributed by atoms with Crippen molar-refractivity contribution in [1.29, 1.82) is 0 Å². The summed E-state index contributed by atoms with van der Waals surface area (Å²) in [6.07, 6.45) is 5.67. The summed E-state index contributed by atoms with van der Waals surface area (Å²) < 4.78 is 14.8. The number of thiazole rings is 1. The lowest BCUT2D eigenvalue weighted by molar-refractivity contribution is -0.659. The molecule has 1 aliphatic carbocycles. The van der Waals surface area contributed by atoms with E-state index in [0.717, 1.165) is 59.0 Å². The third-order valence-electron chi connectivity index (χ3n) is 8.30. The average Bonchev–Trinajstić information content (AvgIpc) is 3.65. The lowest BCUT2D eigenvalue weighted by atomic mass is 9.89. The van der Waals surface area contributed by atoms with Crippen LogP contribution in [0.2, 0.25) is 0 Å². The number of anilines is 1. The number of hydrogen-bond acceptors (Lipinski definition) is 8. The first-order chi connectivity index (χ1) is 23.4. The Morgan fingerprint density at radius 1 is 0.958 bits per heavy atom. The number of rotatable bonds is 11. The minimum atomic E-state index is -0.0585. The Morgan fingerprint density at radius 3 is 2.48 bits per heavy atom. The first kappa shape index (κ1) is 32.0. The highest BCUT2D eigenvalue weighted by molar-refractivity contribution is 8.03. The molecular formula is C39H33N2O4S3+. The zero-order valence-corrected chi connectivity index (χ0v) is 28.8. The van der Waals surface area contributed by atoms with E-state index in [2.05, 4.69) is 47.5 Å². The van der Waals surface area contributed by atoms with Gasteiger partial charge in [-0.3, -0.25) is 4.79 Å². The lowest BCUT2D eigenvalue weighted by Gasteiger charge is -2.23. The van der Waals surface area contributed by atoms with E-state index in [-0.39, 0.29) is 12.4 Å². The van der Waals surface area contributed by atoms with Gasteiger partial charge in [0.25, 0.3) is 5.01 Å². The number of benzene rings is 4. The molecule has 0 atom stereocenters. The molecule has 1 N–H and O–H groups in total. The van der Waals surface area contributed by atoms with Gasteiger partial charge in [0.2, 0.25) is 5.52 Å². The molecule has 0 saturated heterocycles. The Balaban J connectivity index is 1.22. The van der Waals surface area contributed by atoms with Crippen molar-refractivity contribution in [2.45, 2.75) is 18.0 Å². The molecule has 7 rings (SSSR count). The van der Waals surface area contributed by atoms with Crippen molar-refractivity contribution in [3.05, 3.63) is 146 Å². The van der Waals surface area contributed by atoms with E-state index >= 15 is 0 Å². The predicted molar refractivity (Wildman–Crippen MR) is 199 cm³/mol. The highest BCUT2D eigenvalue weighted by atomic mass is 32.2. The molecule has 1 aromatic heterocycles. The topological polar surface area (TPSA) is 62.9 Å².